The molecule has 3 aromatic heterocycles. The van der Waals surface area contributed by atoms with Gasteiger partial charge in [0, 0.05) is 31.1 Å². The molecule has 4 aromatic rings. The SMILES string of the molecule is Cc1ncc(Oc2nc(N3C[C@H]4C[C@@H]3C[C@H]4N)c3c(n2)[nH]c2c(N(C)C(=O)OCOP(=O)(OC(C)(C)C)OC(C)(C)C)cc(F)cc23)cn1. The molecule has 1 saturated carbocycles. The summed E-state index contributed by atoms with van der Waals surface area (Å²) in [5, 5.41) is 1.02. The average Bonchev–Trinajstić information content (AvgIpc) is 3.67. The van der Waals surface area contributed by atoms with E-state index in [0.717, 1.165) is 17.7 Å². The molecule has 1 aliphatic carbocycles. The second kappa shape index (κ2) is 12.7. The molecule has 0 unspecified atom stereocenters. The van der Waals surface area contributed by atoms with E-state index in [1.165, 1.54) is 31.6 Å². The molecule has 0 spiro atoms. The van der Waals surface area contributed by atoms with Crippen LogP contribution in [0.2, 0.25) is 0 Å². The fourth-order valence-electron chi connectivity index (χ4n) is 6.19. The number of anilines is 2. The standard InChI is InChI=1S/C32H42FN8O7P/c1-17-35-13-21(14-36-17)46-29-38-27-25(28(39-29)41-15-18-9-20(41)12-23(18)34)22-10-19(33)11-24(26(22)37-27)40(8)30(42)44-16-45-49(43,47-31(2,3)4)48-32(5,6)7/h10-11,13-14,18,20,23H,9,12,15-16,34H2,1-8H3,(H,37,38,39)/t18-,20-,23-/m1/s1. The smallest absolute Gasteiger partial charge is 0.421 e. The van der Waals surface area contributed by atoms with Gasteiger partial charge in [-0.2, -0.15) is 9.97 Å². The number of nitrogens with zero attached hydrogens (tertiary/aromatic N) is 6. The first-order valence-corrected chi connectivity index (χ1v) is 17.4. The van der Waals surface area contributed by atoms with Crippen molar-refractivity contribution in [2.45, 2.75) is 84.6 Å². The Labute approximate surface area is 283 Å². The Morgan fingerprint density at radius 2 is 1.78 bits per heavy atom. The number of nitrogens with one attached hydrogen (secondary N) is 1. The number of halogens is 1. The van der Waals surface area contributed by atoms with E-state index < -0.39 is 37.7 Å². The van der Waals surface area contributed by atoms with Gasteiger partial charge in [-0.05, 0) is 79.4 Å². The van der Waals surface area contributed by atoms with Gasteiger partial charge in [0.2, 0.25) is 6.79 Å². The van der Waals surface area contributed by atoms with E-state index in [1.54, 1.807) is 48.5 Å². The Hall–Kier alpha value is -3.95. The molecule has 1 saturated heterocycles. The van der Waals surface area contributed by atoms with E-state index in [-0.39, 0.29) is 23.8 Å². The van der Waals surface area contributed by atoms with E-state index in [0.29, 0.717) is 51.8 Å². The third kappa shape index (κ3) is 7.63. The van der Waals surface area contributed by atoms with Crippen LogP contribution >= 0.6 is 7.82 Å². The lowest BCUT2D eigenvalue weighted by atomic mass is 10.0. The Bertz CT molecular complexity index is 1910. The molecule has 17 heteroatoms. The molecule has 3 atom stereocenters. The number of ether oxygens (including phenoxy) is 2. The Kier molecular flexibility index (Phi) is 9.07. The van der Waals surface area contributed by atoms with Gasteiger partial charge in [-0.3, -0.25) is 13.9 Å². The van der Waals surface area contributed by atoms with Crippen LogP contribution in [0.25, 0.3) is 21.9 Å². The first-order valence-electron chi connectivity index (χ1n) is 16.0. The van der Waals surface area contributed by atoms with Gasteiger partial charge in [-0.25, -0.2) is 28.2 Å². The zero-order valence-electron chi connectivity index (χ0n) is 28.8. The van der Waals surface area contributed by atoms with Crippen molar-refractivity contribution >= 4 is 47.4 Å². The lowest BCUT2D eigenvalue weighted by molar-refractivity contribution is -0.0275. The number of aromatic nitrogens is 5. The van der Waals surface area contributed by atoms with Crippen molar-refractivity contribution in [2.24, 2.45) is 11.7 Å². The number of phosphoric ester groups is 1. The quantitative estimate of drug-likeness (QED) is 0.146. The molecule has 2 aliphatic rings. The topological polar surface area (TPSA) is 180 Å². The van der Waals surface area contributed by atoms with Crippen molar-refractivity contribution in [3.05, 3.63) is 36.2 Å². The molecule has 4 heterocycles. The summed E-state index contributed by atoms with van der Waals surface area (Å²) in [6, 6.07) is 2.85. The third-order valence-corrected chi connectivity index (χ3v) is 10.1. The van der Waals surface area contributed by atoms with E-state index in [4.69, 9.17) is 33.8 Å². The number of hydrogen-bond acceptors (Lipinski definition) is 13. The summed E-state index contributed by atoms with van der Waals surface area (Å²) in [7, 11) is -2.74. The number of piperidine rings is 1. The molecule has 2 fully saturated rings. The molecule has 6 rings (SSSR count). The second-order valence-corrected chi connectivity index (χ2v) is 15.9. The van der Waals surface area contributed by atoms with Gasteiger partial charge >= 0.3 is 19.9 Å². The highest BCUT2D eigenvalue weighted by molar-refractivity contribution is 7.48. The van der Waals surface area contributed by atoms with E-state index >= 15 is 4.39 Å². The van der Waals surface area contributed by atoms with Crippen LogP contribution in [0, 0.1) is 18.7 Å². The van der Waals surface area contributed by atoms with Crippen molar-refractivity contribution in [1.29, 1.82) is 0 Å². The summed E-state index contributed by atoms with van der Waals surface area (Å²) in [5.41, 5.74) is 5.52. The summed E-state index contributed by atoms with van der Waals surface area (Å²) < 4.78 is 56.6. The van der Waals surface area contributed by atoms with Crippen LogP contribution in [-0.4, -0.2) is 74.7 Å². The fourth-order valence-corrected chi connectivity index (χ4v) is 7.86. The Morgan fingerprint density at radius 1 is 1.10 bits per heavy atom. The molecule has 1 aromatic carbocycles. The van der Waals surface area contributed by atoms with Gasteiger partial charge in [0.1, 0.15) is 23.1 Å². The Balaban J connectivity index is 1.33. The number of amides is 1. The largest absolute Gasteiger partial charge is 0.478 e. The van der Waals surface area contributed by atoms with Crippen LogP contribution in [0.15, 0.2) is 24.5 Å². The second-order valence-electron chi connectivity index (χ2n) is 14.4. The predicted octanol–water partition coefficient (Wildman–Crippen LogP) is 6.35. The summed E-state index contributed by atoms with van der Waals surface area (Å²) >= 11 is 0. The van der Waals surface area contributed by atoms with E-state index in [9.17, 15) is 9.36 Å². The maximum Gasteiger partial charge on any atom is 0.478 e. The maximum atomic E-state index is 15.4. The van der Waals surface area contributed by atoms with Crippen LogP contribution in [0.5, 0.6) is 11.8 Å². The van der Waals surface area contributed by atoms with Crippen molar-refractivity contribution in [2.75, 3.05) is 30.2 Å². The lowest BCUT2D eigenvalue weighted by Gasteiger charge is -2.31. The molecular formula is C32H42FN8O7P. The Morgan fingerprint density at radius 3 is 2.37 bits per heavy atom. The molecule has 3 N–H and O–H groups in total. The number of fused-ring (bicyclic) bond motifs is 5. The zero-order chi connectivity index (χ0) is 35.5. The highest BCUT2D eigenvalue weighted by Gasteiger charge is 2.44. The van der Waals surface area contributed by atoms with Crippen LogP contribution in [0.1, 0.15) is 60.2 Å². The molecule has 1 aliphatic heterocycles. The number of nitrogens with two attached hydrogens (primary N) is 1. The number of benzene rings is 1. The first kappa shape index (κ1) is 34.9. The van der Waals surface area contributed by atoms with Crippen molar-refractivity contribution in [3.8, 4) is 11.8 Å². The lowest BCUT2D eigenvalue weighted by Crippen LogP contribution is -2.41. The van der Waals surface area contributed by atoms with Gasteiger partial charge in [-0.1, -0.05) is 0 Å². The number of hydrogen-bond donors (Lipinski definition) is 2. The van der Waals surface area contributed by atoms with Gasteiger partial charge < -0.3 is 25.1 Å². The maximum absolute atomic E-state index is 15.4. The van der Waals surface area contributed by atoms with E-state index in [1.807, 2.05) is 0 Å². The summed E-state index contributed by atoms with van der Waals surface area (Å²) in [4.78, 5) is 37.6. The molecule has 264 valence electrons. The van der Waals surface area contributed by atoms with Crippen molar-refractivity contribution in [1.82, 2.24) is 24.9 Å². The van der Waals surface area contributed by atoms with Gasteiger partial charge in [0.05, 0.1) is 40.2 Å². The van der Waals surface area contributed by atoms with Crippen LogP contribution in [0.3, 0.4) is 0 Å². The van der Waals surface area contributed by atoms with Gasteiger partial charge in [0.25, 0.3) is 0 Å². The monoisotopic (exact) mass is 700 g/mol. The molecule has 0 radical (unpaired) electrons. The number of aromatic amines is 1. The highest BCUT2D eigenvalue weighted by atomic mass is 31.2. The summed E-state index contributed by atoms with van der Waals surface area (Å²) in [6.07, 6.45) is 3.86. The van der Waals surface area contributed by atoms with Crippen LogP contribution in [0.4, 0.5) is 20.7 Å². The van der Waals surface area contributed by atoms with Crippen molar-refractivity contribution in [3.63, 3.8) is 0 Å². The third-order valence-electron chi connectivity index (χ3n) is 8.10. The molecule has 15 nitrogen and oxygen atoms in total. The number of H-pyrrole nitrogens is 1. The summed E-state index contributed by atoms with van der Waals surface area (Å²) in [6.45, 7) is 11.8. The first-order chi connectivity index (χ1) is 22.9. The van der Waals surface area contributed by atoms with E-state index in [2.05, 4.69) is 24.8 Å². The number of rotatable bonds is 9. The highest BCUT2D eigenvalue weighted by Crippen LogP contribution is 2.55. The zero-order valence-corrected chi connectivity index (χ0v) is 29.7. The number of phosphoric acid groups is 1. The number of carbonyl (C=O) groups excluding carboxylic acids is 1. The molecule has 49 heavy (non-hydrogen) atoms. The number of aryl methyl sites for hydroxylation is 1. The van der Waals surface area contributed by atoms with Crippen molar-refractivity contribution < 1.29 is 36.8 Å². The van der Waals surface area contributed by atoms with Gasteiger partial charge in [-0.15, -0.1) is 0 Å². The minimum Gasteiger partial charge on any atom is -0.421 e. The normalized spacial score (nSPS) is 19.6. The van der Waals surface area contributed by atoms with Crippen LogP contribution < -0.4 is 20.3 Å². The fraction of sp³-hybridized carbons (Fsp3) is 0.531. The molecular weight excluding hydrogens is 658 g/mol. The predicted molar refractivity (Wildman–Crippen MR) is 180 cm³/mol. The molecule has 2 bridgehead atoms. The average molecular weight is 701 g/mol. The minimum absolute atomic E-state index is 0.0416. The number of carbonyl (C=O) groups is 1. The molecule has 1 amide bonds. The van der Waals surface area contributed by atoms with Crippen LogP contribution in [-0.2, 0) is 22.9 Å². The minimum atomic E-state index is -4.15. The van der Waals surface area contributed by atoms with Gasteiger partial charge in [0.15, 0.2) is 5.75 Å². The summed E-state index contributed by atoms with van der Waals surface area (Å²) in [5.74, 6) is 1.18.